The van der Waals surface area contributed by atoms with E-state index in [-0.39, 0.29) is 5.88 Å². The van der Waals surface area contributed by atoms with Gasteiger partial charge in [0.15, 0.2) is 5.75 Å². The van der Waals surface area contributed by atoms with Crippen molar-refractivity contribution in [1.82, 2.24) is 15.6 Å². The fourth-order valence-electron chi connectivity index (χ4n) is 2.60. The van der Waals surface area contributed by atoms with Crippen LogP contribution in [-0.4, -0.2) is 28.5 Å². The normalized spacial score (nSPS) is 14.7. The molecule has 1 aliphatic rings. The average Bonchev–Trinajstić information content (AvgIpc) is 2.63. The Hall–Kier alpha value is -2.62. The lowest BCUT2D eigenvalue weighted by molar-refractivity contribution is -0.114. The van der Waals surface area contributed by atoms with Crippen molar-refractivity contribution in [1.29, 1.82) is 0 Å². The summed E-state index contributed by atoms with van der Waals surface area (Å²) in [6.07, 6.45) is 2.39. The van der Waals surface area contributed by atoms with E-state index in [0.717, 1.165) is 9.99 Å². The molecule has 0 aliphatic carbocycles. The quantitative estimate of drug-likeness (QED) is 0.335. The molecule has 2 heterocycles. The first kappa shape index (κ1) is 19.2. The lowest BCUT2D eigenvalue weighted by Crippen LogP contribution is -2.37. The van der Waals surface area contributed by atoms with E-state index in [1.165, 1.54) is 0 Å². The van der Waals surface area contributed by atoms with Crippen LogP contribution in [0, 0.1) is 3.57 Å². The van der Waals surface area contributed by atoms with Crippen molar-refractivity contribution in [2.75, 3.05) is 6.61 Å². The Balaban J connectivity index is 1.76. The molecule has 0 atom stereocenters. The molecule has 27 heavy (non-hydrogen) atoms. The topological polar surface area (TPSA) is 101 Å². The van der Waals surface area contributed by atoms with Crippen LogP contribution in [0.1, 0.15) is 35.0 Å². The largest absolute Gasteiger partial charge is 0.491 e. The van der Waals surface area contributed by atoms with Crippen LogP contribution in [0.2, 0.25) is 0 Å². The Labute approximate surface area is 170 Å². The molecule has 3 N–H and O–H groups in total. The predicted molar refractivity (Wildman–Crippen MR) is 108 cm³/mol. The fourth-order valence-corrected chi connectivity index (χ4v) is 3.09. The molecule has 0 bridgehead atoms. The number of nitrogens with zero attached hydrogens (tertiary/aromatic N) is 1. The summed E-state index contributed by atoms with van der Waals surface area (Å²) in [4.78, 5) is 28.2. The number of halogens is 1. The molecule has 7 nitrogen and oxygen atoms in total. The number of carbonyl (C=O) groups excluding carboxylic acids is 2. The highest BCUT2D eigenvalue weighted by molar-refractivity contribution is 14.1. The predicted octanol–water partition coefficient (Wildman–Crippen LogP) is 2.58. The Bertz CT molecular complexity index is 927. The third-order valence-electron chi connectivity index (χ3n) is 3.88. The van der Waals surface area contributed by atoms with Crippen molar-refractivity contribution in [2.24, 2.45) is 0 Å². The Morgan fingerprint density at radius 3 is 2.78 bits per heavy atom. The molecule has 1 aromatic carbocycles. The number of rotatable bonds is 6. The number of nitrogens with one attached hydrogen (secondary N) is 2. The molecule has 140 valence electrons. The third kappa shape index (κ3) is 4.38. The second-order valence-corrected chi connectivity index (χ2v) is 7.13. The molecule has 0 saturated heterocycles. The Morgan fingerprint density at radius 1 is 1.22 bits per heavy atom. The Kier molecular flexibility index (Phi) is 5.94. The number of fused-ring (bicyclic) bond motifs is 1. The van der Waals surface area contributed by atoms with Crippen molar-refractivity contribution in [2.45, 2.75) is 19.9 Å². The summed E-state index contributed by atoms with van der Waals surface area (Å²) in [6.45, 7) is 2.78. The van der Waals surface area contributed by atoms with Crippen LogP contribution in [0.15, 0.2) is 36.5 Å². The van der Waals surface area contributed by atoms with Gasteiger partial charge in [0.05, 0.1) is 24.4 Å². The zero-order valence-corrected chi connectivity index (χ0v) is 16.7. The summed E-state index contributed by atoms with van der Waals surface area (Å²) in [7, 11) is 0. The van der Waals surface area contributed by atoms with Crippen molar-refractivity contribution < 1.29 is 19.4 Å². The van der Waals surface area contributed by atoms with Gasteiger partial charge >= 0.3 is 0 Å². The summed E-state index contributed by atoms with van der Waals surface area (Å²) in [5.74, 6) is -0.692. The maximum atomic E-state index is 12.2. The van der Waals surface area contributed by atoms with Crippen molar-refractivity contribution >= 4 is 40.0 Å². The number of hydrogen-bond donors (Lipinski definition) is 3. The van der Waals surface area contributed by atoms with Crippen molar-refractivity contribution in [3.05, 3.63) is 56.9 Å². The summed E-state index contributed by atoms with van der Waals surface area (Å²) in [5.41, 5.74) is 2.00. The molecular weight excluding hydrogens is 461 g/mol. The number of ether oxygens (including phenoxy) is 1. The second kappa shape index (κ2) is 8.38. The van der Waals surface area contributed by atoms with E-state index in [4.69, 9.17) is 4.74 Å². The van der Waals surface area contributed by atoms with Gasteiger partial charge in [0, 0.05) is 20.9 Å². The number of benzene rings is 1. The molecule has 0 fully saturated rings. The van der Waals surface area contributed by atoms with Crippen LogP contribution in [0.4, 0.5) is 0 Å². The highest BCUT2D eigenvalue weighted by Gasteiger charge is 2.27. The van der Waals surface area contributed by atoms with Crippen LogP contribution in [0.5, 0.6) is 11.6 Å². The smallest absolute Gasteiger partial charge is 0.260 e. The minimum absolute atomic E-state index is 0.170. The summed E-state index contributed by atoms with van der Waals surface area (Å²) < 4.78 is 6.31. The monoisotopic (exact) mass is 479 g/mol. The average molecular weight is 479 g/mol. The van der Waals surface area contributed by atoms with Gasteiger partial charge < -0.3 is 15.2 Å². The number of hydrogen-bond acceptors (Lipinski definition) is 6. The summed E-state index contributed by atoms with van der Waals surface area (Å²) in [6, 6.07) is 8.70. The lowest BCUT2D eigenvalue weighted by atomic mass is 9.96. The van der Waals surface area contributed by atoms with Gasteiger partial charge in [-0.3, -0.25) is 14.9 Å². The molecule has 0 spiro atoms. The van der Waals surface area contributed by atoms with Gasteiger partial charge in [-0.2, -0.15) is 0 Å². The van der Waals surface area contributed by atoms with E-state index >= 15 is 0 Å². The first-order chi connectivity index (χ1) is 13.0. The van der Waals surface area contributed by atoms with Gasteiger partial charge in [-0.05, 0) is 59.3 Å². The molecule has 0 saturated carbocycles. The minimum atomic E-state index is -0.457. The first-order valence-electron chi connectivity index (χ1n) is 8.40. The third-order valence-corrected chi connectivity index (χ3v) is 4.55. The van der Waals surface area contributed by atoms with E-state index < -0.39 is 11.8 Å². The molecule has 8 heteroatoms. The van der Waals surface area contributed by atoms with E-state index in [0.29, 0.717) is 41.3 Å². The van der Waals surface area contributed by atoms with Crippen LogP contribution >= 0.6 is 22.6 Å². The van der Waals surface area contributed by atoms with E-state index in [1.54, 1.807) is 30.5 Å². The van der Waals surface area contributed by atoms with Gasteiger partial charge in [-0.15, -0.1) is 0 Å². The van der Waals surface area contributed by atoms with Crippen molar-refractivity contribution in [3.8, 4) is 11.6 Å². The number of aromatic nitrogens is 1. The summed E-state index contributed by atoms with van der Waals surface area (Å²) in [5, 5.41) is 15.3. The van der Waals surface area contributed by atoms with Gasteiger partial charge in [-0.25, -0.2) is 4.98 Å². The fraction of sp³-hybridized carbons (Fsp3) is 0.211. The number of carbonyl (C=O) groups is 2. The maximum absolute atomic E-state index is 12.2. The van der Waals surface area contributed by atoms with Crippen LogP contribution in [0.3, 0.4) is 0 Å². The molecule has 1 aliphatic heterocycles. The van der Waals surface area contributed by atoms with Gasteiger partial charge in [-0.1, -0.05) is 6.92 Å². The lowest BCUT2D eigenvalue weighted by Gasteiger charge is -2.18. The van der Waals surface area contributed by atoms with Crippen LogP contribution < -0.4 is 15.4 Å². The van der Waals surface area contributed by atoms with Crippen molar-refractivity contribution in [3.63, 3.8) is 0 Å². The van der Waals surface area contributed by atoms with E-state index in [9.17, 15) is 14.7 Å². The number of imide groups is 1. The molecule has 2 aromatic rings. The SMILES string of the molecule is CCCOc1ccc(CNC=C2C(=O)NC(=O)c3ccc(I)cc32)nc1O. The summed E-state index contributed by atoms with van der Waals surface area (Å²) >= 11 is 2.13. The number of aromatic hydroxyl groups is 1. The zero-order valence-electron chi connectivity index (χ0n) is 14.6. The Morgan fingerprint density at radius 2 is 2.04 bits per heavy atom. The molecule has 0 radical (unpaired) electrons. The first-order valence-corrected chi connectivity index (χ1v) is 9.48. The standard InChI is InChI=1S/C19H18IN3O4/c1-2-7-27-16-6-4-12(22-19(16)26)9-21-10-15-14-8-11(20)3-5-13(14)17(24)23-18(15)25/h3-6,8,10,21H,2,7,9H2,1H3,(H,22,26)(H,23,24,25). The molecule has 0 unspecified atom stereocenters. The van der Waals surface area contributed by atoms with Gasteiger partial charge in [0.2, 0.25) is 0 Å². The van der Waals surface area contributed by atoms with Gasteiger partial charge in [0.25, 0.3) is 17.7 Å². The highest BCUT2D eigenvalue weighted by atomic mass is 127. The molecular formula is C19H18IN3O4. The highest BCUT2D eigenvalue weighted by Crippen LogP contribution is 2.26. The number of amides is 2. The molecule has 2 amide bonds. The molecule has 3 rings (SSSR count). The maximum Gasteiger partial charge on any atom is 0.260 e. The zero-order chi connectivity index (χ0) is 19.4. The van der Waals surface area contributed by atoms with Gasteiger partial charge in [0.1, 0.15) is 0 Å². The van der Waals surface area contributed by atoms with Crippen LogP contribution in [-0.2, 0) is 11.3 Å². The van der Waals surface area contributed by atoms with E-state index in [2.05, 4.69) is 38.2 Å². The van der Waals surface area contributed by atoms with Crippen LogP contribution in [0.25, 0.3) is 5.57 Å². The minimum Gasteiger partial charge on any atom is -0.491 e. The van der Waals surface area contributed by atoms with E-state index in [1.807, 2.05) is 13.0 Å². The molecule has 1 aromatic heterocycles. The second-order valence-electron chi connectivity index (χ2n) is 5.88. The number of pyridine rings is 1.